The predicted octanol–water partition coefficient (Wildman–Crippen LogP) is 4.89. The van der Waals surface area contributed by atoms with Crippen molar-refractivity contribution in [1.82, 2.24) is 14.9 Å². The number of benzene rings is 1. The summed E-state index contributed by atoms with van der Waals surface area (Å²) in [4.78, 5) is 17.5. The Bertz CT molecular complexity index is 881. The van der Waals surface area contributed by atoms with Crippen molar-refractivity contribution in [2.75, 3.05) is 0 Å². The molecule has 1 aromatic carbocycles. The van der Waals surface area contributed by atoms with Gasteiger partial charge in [-0.25, -0.2) is 4.98 Å². The normalized spacial score (nSPS) is 11.7. The van der Waals surface area contributed by atoms with Crippen molar-refractivity contribution < 1.29 is 4.79 Å². The number of pyridine rings is 1. The fourth-order valence-corrected chi connectivity index (χ4v) is 3.28. The maximum atomic E-state index is 13.0. The van der Waals surface area contributed by atoms with Gasteiger partial charge in [-0.15, -0.1) is 0 Å². The number of hydrogen-bond donors (Lipinski definition) is 1. The Morgan fingerprint density at radius 2 is 1.88 bits per heavy atom. The van der Waals surface area contributed by atoms with E-state index in [-0.39, 0.29) is 5.91 Å². The highest BCUT2D eigenvalue weighted by molar-refractivity contribution is 6.06. The SMILES string of the molecule is CCCCCn1cc(C(=O)NC(C)(C)c2ccccc2)c2cccnc21. The minimum Gasteiger partial charge on any atom is -0.343 e. The average Bonchev–Trinajstić information content (AvgIpc) is 3.02. The van der Waals surface area contributed by atoms with E-state index in [1.807, 2.05) is 62.5 Å². The van der Waals surface area contributed by atoms with Crippen molar-refractivity contribution >= 4 is 16.9 Å². The van der Waals surface area contributed by atoms with Crippen molar-refractivity contribution in [2.45, 2.75) is 52.1 Å². The van der Waals surface area contributed by atoms with Crippen molar-refractivity contribution in [2.24, 2.45) is 0 Å². The van der Waals surface area contributed by atoms with E-state index in [4.69, 9.17) is 0 Å². The molecule has 4 nitrogen and oxygen atoms in total. The highest BCUT2D eigenvalue weighted by Gasteiger charge is 2.25. The summed E-state index contributed by atoms with van der Waals surface area (Å²) < 4.78 is 2.11. The number of carbonyl (C=O) groups is 1. The van der Waals surface area contributed by atoms with E-state index in [1.54, 1.807) is 6.20 Å². The third-order valence-corrected chi connectivity index (χ3v) is 4.80. The number of hydrogen-bond acceptors (Lipinski definition) is 2. The van der Waals surface area contributed by atoms with E-state index in [2.05, 4.69) is 21.8 Å². The average molecular weight is 349 g/mol. The number of nitrogens with one attached hydrogen (secondary N) is 1. The number of rotatable bonds is 7. The van der Waals surface area contributed by atoms with E-state index in [9.17, 15) is 4.79 Å². The maximum absolute atomic E-state index is 13.0. The van der Waals surface area contributed by atoms with Crippen LogP contribution in [-0.2, 0) is 12.1 Å². The second-order valence-corrected chi connectivity index (χ2v) is 7.26. The number of nitrogens with zero attached hydrogens (tertiary/aromatic N) is 2. The lowest BCUT2D eigenvalue weighted by Crippen LogP contribution is -2.40. The summed E-state index contributed by atoms with van der Waals surface area (Å²) in [7, 11) is 0. The van der Waals surface area contributed by atoms with Crippen molar-refractivity contribution in [3.8, 4) is 0 Å². The molecule has 0 spiro atoms. The van der Waals surface area contributed by atoms with Crippen LogP contribution in [0.5, 0.6) is 0 Å². The van der Waals surface area contributed by atoms with Gasteiger partial charge in [0.1, 0.15) is 5.65 Å². The summed E-state index contributed by atoms with van der Waals surface area (Å²) in [5.41, 5.74) is 2.20. The summed E-state index contributed by atoms with van der Waals surface area (Å²) in [6.07, 6.45) is 7.17. The van der Waals surface area contributed by atoms with Gasteiger partial charge in [-0.2, -0.15) is 0 Å². The molecule has 0 fully saturated rings. The number of unbranched alkanes of at least 4 members (excludes halogenated alkanes) is 2. The van der Waals surface area contributed by atoms with Gasteiger partial charge in [-0.1, -0.05) is 50.1 Å². The van der Waals surface area contributed by atoms with Gasteiger partial charge in [0.15, 0.2) is 0 Å². The minimum absolute atomic E-state index is 0.0638. The Balaban J connectivity index is 1.88. The monoisotopic (exact) mass is 349 g/mol. The zero-order chi connectivity index (χ0) is 18.6. The third-order valence-electron chi connectivity index (χ3n) is 4.80. The summed E-state index contributed by atoms with van der Waals surface area (Å²) in [5, 5.41) is 4.09. The number of carbonyl (C=O) groups excluding carboxylic acids is 1. The van der Waals surface area contributed by atoms with Crippen LogP contribution in [0.3, 0.4) is 0 Å². The van der Waals surface area contributed by atoms with Crippen LogP contribution in [-0.4, -0.2) is 15.5 Å². The van der Waals surface area contributed by atoms with Gasteiger partial charge in [0.05, 0.1) is 11.1 Å². The third kappa shape index (κ3) is 3.79. The molecule has 0 radical (unpaired) electrons. The van der Waals surface area contributed by atoms with Crippen LogP contribution in [0.25, 0.3) is 11.0 Å². The molecule has 0 aliphatic heterocycles. The van der Waals surface area contributed by atoms with Crippen molar-refractivity contribution in [3.63, 3.8) is 0 Å². The highest BCUT2D eigenvalue weighted by atomic mass is 16.1. The highest BCUT2D eigenvalue weighted by Crippen LogP contribution is 2.24. The Kier molecular flexibility index (Phi) is 5.40. The summed E-state index contributed by atoms with van der Waals surface area (Å²) in [5.74, 6) is -0.0638. The second-order valence-electron chi connectivity index (χ2n) is 7.26. The standard InChI is InChI=1S/C22H27N3O/c1-4-5-9-15-25-16-19(18-13-10-14-23-20(18)25)21(26)24-22(2,3)17-11-7-6-8-12-17/h6-8,10-14,16H,4-5,9,15H2,1-3H3,(H,24,26). The van der Waals surface area contributed by atoms with Crippen molar-refractivity contribution in [3.05, 3.63) is 66.0 Å². The van der Waals surface area contributed by atoms with Gasteiger partial charge < -0.3 is 9.88 Å². The van der Waals surface area contributed by atoms with Crippen LogP contribution < -0.4 is 5.32 Å². The Morgan fingerprint density at radius 1 is 1.12 bits per heavy atom. The molecule has 0 bridgehead atoms. The van der Waals surface area contributed by atoms with Gasteiger partial charge in [-0.05, 0) is 38.0 Å². The molecule has 0 aliphatic rings. The maximum Gasteiger partial charge on any atom is 0.254 e. The van der Waals surface area contributed by atoms with Gasteiger partial charge in [0.25, 0.3) is 5.91 Å². The Hall–Kier alpha value is -2.62. The molecule has 4 heteroatoms. The molecule has 3 rings (SSSR count). The van der Waals surface area contributed by atoms with E-state index >= 15 is 0 Å². The van der Waals surface area contributed by atoms with Crippen LogP contribution in [0.2, 0.25) is 0 Å². The first-order valence-electron chi connectivity index (χ1n) is 9.35. The van der Waals surface area contributed by atoms with Gasteiger partial charge in [0, 0.05) is 24.3 Å². The smallest absolute Gasteiger partial charge is 0.254 e. The molecule has 1 amide bonds. The quantitative estimate of drug-likeness (QED) is 0.617. The fraction of sp³-hybridized carbons (Fsp3) is 0.364. The molecular weight excluding hydrogens is 322 g/mol. The summed E-state index contributed by atoms with van der Waals surface area (Å²) in [6, 6.07) is 13.9. The fourth-order valence-electron chi connectivity index (χ4n) is 3.28. The summed E-state index contributed by atoms with van der Waals surface area (Å²) >= 11 is 0. The van der Waals surface area contributed by atoms with Gasteiger partial charge in [-0.3, -0.25) is 4.79 Å². The first-order valence-corrected chi connectivity index (χ1v) is 9.35. The molecule has 0 saturated heterocycles. The molecule has 2 aromatic heterocycles. The first kappa shape index (κ1) is 18.2. The lowest BCUT2D eigenvalue weighted by Gasteiger charge is -2.26. The zero-order valence-corrected chi connectivity index (χ0v) is 15.8. The number of aromatic nitrogens is 2. The van der Waals surface area contributed by atoms with Crippen LogP contribution in [0, 0.1) is 0 Å². The van der Waals surface area contributed by atoms with Crippen molar-refractivity contribution in [1.29, 1.82) is 0 Å². The lowest BCUT2D eigenvalue weighted by molar-refractivity contribution is 0.0913. The second kappa shape index (κ2) is 7.73. The molecule has 2 heterocycles. The molecule has 0 atom stereocenters. The Labute approximate surface area is 155 Å². The van der Waals surface area contributed by atoms with Gasteiger partial charge in [0.2, 0.25) is 0 Å². The molecular formula is C22H27N3O. The van der Waals surface area contributed by atoms with Crippen LogP contribution in [0.1, 0.15) is 56.0 Å². The minimum atomic E-state index is -0.447. The molecule has 0 aliphatic carbocycles. The number of amides is 1. The zero-order valence-electron chi connectivity index (χ0n) is 15.8. The Morgan fingerprint density at radius 3 is 2.62 bits per heavy atom. The summed E-state index contributed by atoms with van der Waals surface area (Å²) in [6.45, 7) is 7.13. The predicted molar refractivity (Wildman–Crippen MR) is 106 cm³/mol. The largest absolute Gasteiger partial charge is 0.343 e. The molecule has 26 heavy (non-hydrogen) atoms. The molecule has 0 unspecified atom stereocenters. The molecule has 1 N–H and O–H groups in total. The lowest BCUT2D eigenvalue weighted by atomic mass is 9.94. The van der Waals surface area contributed by atoms with E-state index in [0.29, 0.717) is 5.56 Å². The van der Waals surface area contributed by atoms with Crippen LogP contribution in [0.15, 0.2) is 54.9 Å². The van der Waals surface area contributed by atoms with Crippen LogP contribution >= 0.6 is 0 Å². The number of fused-ring (bicyclic) bond motifs is 1. The molecule has 3 aromatic rings. The molecule has 136 valence electrons. The molecule has 0 saturated carbocycles. The number of aryl methyl sites for hydroxylation is 1. The van der Waals surface area contributed by atoms with E-state index in [1.165, 1.54) is 12.8 Å². The van der Waals surface area contributed by atoms with Gasteiger partial charge >= 0.3 is 0 Å². The first-order chi connectivity index (χ1) is 12.5. The van der Waals surface area contributed by atoms with Crippen LogP contribution in [0.4, 0.5) is 0 Å². The van der Waals surface area contributed by atoms with E-state index in [0.717, 1.165) is 29.6 Å². The van der Waals surface area contributed by atoms with E-state index < -0.39 is 5.54 Å². The topological polar surface area (TPSA) is 46.9 Å².